The second-order valence-electron chi connectivity index (χ2n) is 2.32. The van der Waals surface area contributed by atoms with Gasteiger partial charge in [-0.2, -0.15) is 0 Å². The highest BCUT2D eigenvalue weighted by molar-refractivity contribution is 5.28. The van der Waals surface area contributed by atoms with E-state index in [1.807, 2.05) is 13.0 Å². The van der Waals surface area contributed by atoms with Crippen LogP contribution in [0.4, 0.5) is 5.95 Å². The van der Waals surface area contributed by atoms with Gasteiger partial charge in [-0.1, -0.05) is 19.1 Å². The van der Waals surface area contributed by atoms with Crippen molar-refractivity contribution in [1.82, 2.24) is 9.97 Å². The lowest BCUT2D eigenvalue weighted by molar-refractivity contribution is 1.23. The highest BCUT2D eigenvalue weighted by Crippen LogP contribution is 1.77. The van der Waals surface area contributed by atoms with Crippen LogP contribution >= 0.6 is 0 Å². The molecule has 11 heavy (non-hydrogen) atoms. The fraction of sp³-hybridized carbons (Fsp3) is 0.375. The topological polar surface area (TPSA) is 54.7 Å². The third-order valence-electron chi connectivity index (χ3n) is 1.46. The molecule has 1 aromatic heterocycles. The maximum atomic E-state index is 5.48. The fourth-order valence-electron chi connectivity index (χ4n) is 1.000. The van der Waals surface area contributed by atoms with Crippen LogP contribution in [0.1, 0.15) is 20.3 Å². The van der Waals surface area contributed by atoms with Crippen molar-refractivity contribution in [2.75, 3.05) is 5.73 Å². The lowest BCUT2D eigenvalue weighted by atomic mass is 10.4. The first kappa shape index (κ1) is 7.85. The summed E-state index contributed by atoms with van der Waals surface area (Å²) >= 11 is 0. The molecule has 1 rings (SSSR count). The SMILES string of the molecule is C/C=c1/nc(N)[nH]/c1=C/CC. The maximum absolute atomic E-state index is 5.48. The van der Waals surface area contributed by atoms with E-state index in [9.17, 15) is 0 Å². The summed E-state index contributed by atoms with van der Waals surface area (Å²) in [5, 5.41) is 1.96. The molecule has 0 aromatic carbocycles. The molecule has 0 saturated carbocycles. The molecule has 0 unspecified atom stereocenters. The van der Waals surface area contributed by atoms with E-state index in [-0.39, 0.29) is 0 Å². The number of nitrogens with two attached hydrogens (primary N) is 1. The van der Waals surface area contributed by atoms with E-state index in [1.165, 1.54) is 0 Å². The van der Waals surface area contributed by atoms with Crippen molar-refractivity contribution in [3.63, 3.8) is 0 Å². The summed E-state index contributed by atoms with van der Waals surface area (Å²) in [4.78, 5) is 7.06. The number of aromatic nitrogens is 2. The van der Waals surface area contributed by atoms with Crippen LogP contribution in [0.15, 0.2) is 0 Å². The van der Waals surface area contributed by atoms with Gasteiger partial charge in [-0.05, 0) is 13.3 Å². The van der Waals surface area contributed by atoms with Gasteiger partial charge in [0.25, 0.3) is 0 Å². The van der Waals surface area contributed by atoms with Gasteiger partial charge in [0.05, 0.1) is 10.7 Å². The minimum absolute atomic E-state index is 0.484. The molecule has 60 valence electrons. The Balaban J connectivity index is 3.36. The smallest absolute Gasteiger partial charge is 0.198 e. The minimum Gasteiger partial charge on any atom is -0.369 e. The molecule has 0 aliphatic carbocycles. The molecule has 3 heteroatoms. The van der Waals surface area contributed by atoms with Crippen LogP contribution in [-0.2, 0) is 0 Å². The van der Waals surface area contributed by atoms with Gasteiger partial charge in [0.15, 0.2) is 5.95 Å². The lowest BCUT2D eigenvalue weighted by Crippen LogP contribution is -2.23. The zero-order valence-corrected chi connectivity index (χ0v) is 6.89. The number of nitrogen functional groups attached to an aromatic ring is 1. The van der Waals surface area contributed by atoms with Crippen molar-refractivity contribution in [3.8, 4) is 0 Å². The van der Waals surface area contributed by atoms with E-state index in [4.69, 9.17) is 5.73 Å². The Labute approximate surface area is 65.6 Å². The second kappa shape index (κ2) is 3.23. The number of nitrogens with one attached hydrogen (secondary N) is 1. The van der Waals surface area contributed by atoms with Gasteiger partial charge >= 0.3 is 0 Å². The van der Waals surface area contributed by atoms with Crippen molar-refractivity contribution in [2.45, 2.75) is 20.3 Å². The van der Waals surface area contributed by atoms with Crippen molar-refractivity contribution in [2.24, 2.45) is 0 Å². The zero-order valence-electron chi connectivity index (χ0n) is 6.89. The minimum atomic E-state index is 0.484. The average molecular weight is 151 g/mol. The predicted molar refractivity (Wildman–Crippen MR) is 47.1 cm³/mol. The van der Waals surface area contributed by atoms with Crippen LogP contribution in [0.25, 0.3) is 12.2 Å². The Kier molecular flexibility index (Phi) is 2.31. The quantitative estimate of drug-likeness (QED) is 0.592. The molecule has 0 spiro atoms. The number of aromatic amines is 1. The number of hydrogen-bond donors (Lipinski definition) is 2. The molecule has 0 atom stereocenters. The molecule has 1 heterocycles. The zero-order chi connectivity index (χ0) is 8.27. The Morgan fingerprint density at radius 2 is 2.36 bits per heavy atom. The van der Waals surface area contributed by atoms with Crippen LogP contribution in [0.2, 0.25) is 0 Å². The summed E-state index contributed by atoms with van der Waals surface area (Å²) in [5.74, 6) is 0.484. The third-order valence-corrected chi connectivity index (χ3v) is 1.46. The monoisotopic (exact) mass is 151 g/mol. The van der Waals surface area contributed by atoms with E-state index in [0.717, 1.165) is 17.1 Å². The third kappa shape index (κ3) is 1.61. The van der Waals surface area contributed by atoms with Crippen LogP contribution in [0, 0.1) is 0 Å². The van der Waals surface area contributed by atoms with Crippen molar-refractivity contribution in [1.29, 1.82) is 0 Å². The van der Waals surface area contributed by atoms with E-state index >= 15 is 0 Å². The van der Waals surface area contributed by atoms with E-state index in [0.29, 0.717) is 5.95 Å². The maximum Gasteiger partial charge on any atom is 0.198 e. The first-order chi connectivity index (χ1) is 5.27. The average Bonchev–Trinajstić information content (AvgIpc) is 2.32. The summed E-state index contributed by atoms with van der Waals surface area (Å²) in [7, 11) is 0. The number of imidazole rings is 1. The largest absolute Gasteiger partial charge is 0.369 e. The molecule has 0 aliphatic heterocycles. The summed E-state index contributed by atoms with van der Waals surface area (Å²) in [6.07, 6.45) is 5.00. The van der Waals surface area contributed by atoms with E-state index in [2.05, 4.69) is 23.0 Å². The first-order valence-corrected chi connectivity index (χ1v) is 3.76. The number of H-pyrrole nitrogens is 1. The molecule has 0 bridgehead atoms. The van der Waals surface area contributed by atoms with Gasteiger partial charge in [-0.15, -0.1) is 0 Å². The Morgan fingerprint density at radius 3 is 2.91 bits per heavy atom. The highest BCUT2D eigenvalue weighted by atomic mass is 15.0. The standard InChI is InChI=1S/C8H13N3/c1-3-5-7-6(4-2)10-8(9)11-7/h4-5H,3H2,1-2H3,(H3,9,10,11)/b6-4+,7-5+. The van der Waals surface area contributed by atoms with Crippen LogP contribution in [-0.4, -0.2) is 9.97 Å². The molecule has 0 saturated heterocycles. The molecule has 3 N–H and O–H groups in total. The highest BCUT2D eigenvalue weighted by Gasteiger charge is 1.89. The van der Waals surface area contributed by atoms with Crippen molar-refractivity contribution >= 4 is 18.1 Å². The summed E-state index contributed by atoms with van der Waals surface area (Å²) in [6.45, 7) is 4.03. The lowest BCUT2D eigenvalue weighted by Gasteiger charge is -1.76. The van der Waals surface area contributed by atoms with Gasteiger partial charge in [0.2, 0.25) is 0 Å². The molecular formula is C8H13N3. The summed E-state index contributed by atoms with van der Waals surface area (Å²) < 4.78 is 0. The van der Waals surface area contributed by atoms with Gasteiger partial charge < -0.3 is 10.7 Å². The van der Waals surface area contributed by atoms with Crippen molar-refractivity contribution < 1.29 is 0 Å². The summed E-state index contributed by atoms with van der Waals surface area (Å²) in [6, 6.07) is 0. The molecule has 1 aromatic rings. The van der Waals surface area contributed by atoms with Crippen LogP contribution in [0.5, 0.6) is 0 Å². The molecule has 3 nitrogen and oxygen atoms in total. The van der Waals surface area contributed by atoms with E-state index < -0.39 is 0 Å². The van der Waals surface area contributed by atoms with Gasteiger partial charge in [0.1, 0.15) is 0 Å². The normalized spacial score (nSPS) is 14.4. The van der Waals surface area contributed by atoms with Gasteiger partial charge in [-0.25, -0.2) is 4.98 Å². The van der Waals surface area contributed by atoms with E-state index in [1.54, 1.807) is 0 Å². The Bertz CT molecular complexity index is 335. The molecular weight excluding hydrogens is 138 g/mol. The molecule has 0 radical (unpaired) electrons. The predicted octanol–water partition coefficient (Wildman–Crippen LogP) is -0.0172. The first-order valence-electron chi connectivity index (χ1n) is 3.76. The number of rotatable bonds is 1. The second-order valence-corrected chi connectivity index (χ2v) is 2.32. The number of hydrogen-bond acceptors (Lipinski definition) is 2. The number of nitrogens with zero attached hydrogens (tertiary/aromatic N) is 1. The summed E-state index contributed by atoms with van der Waals surface area (Å²) in [5.41, 5.74) is 5.48. The Hall–Kier alpha value is -1.25. The van der Waals surface area contributed by atoms with Gasteiger partial charge in [-0.3, -0.25) is 0 Å². The molecule has 0 aliphatic rings. The molecule has 0 fully saturated rings. The van der Waals surface area contributed by atoms with Crippen molar-refractivity contribution in [3.05, 3.63) is 10.7 Å². The van der Waals surface area contributed by atoms with Crippen LogP contribution < -0.4 is 16.4 Å². The number of anilines is 1. The Morgan fingerprint density at radius 1 is 1.64 bits per heavy atom. The van der Waals surface area contributed by atoms with Crippen LogP contribution in [0.3, 0.4) is 0 Å². The fourth-order valence-corrected chi connectivity index (χ4v) is 1.000. The van der Waals surface area contributed by atoms with Gasteiger partial charge in [0, 0.05) is 0 Å². The molecule has 0 amide bonds.